The van der Waals surface area contributed by atoms with E-state index in [0.717, 1.165) is 23.0 Å². The van der Waals surface area contributed by atoms with Crippen molar-refractivity contribution in [1.82, 2.24) is 9.55 Å². The fourth-order valence-corrected chi connectivity index (χ4v) is 3.86. The molecule has 0 atom stereocenters. The van der Waals surface area contributed by atoms with Gasteiger partial charge in [0.25, 0.3) is 0 Å². The third-order valence-electron chi connectivity index (χ3n) is 3.23. The maximum Gasteiger partial charge on any atom is 0.341 e. The number of nitrogens with zero attached hydrogens (tertiary/aromatic N) is 2. The van der Waals surface area contributed by atoms with Gasteiger partial charge in [-0.3, -0.25) is 4.79 Å². The molecular weight excluding hydrogens is 346 g/mol. The third-order valence-corrected chi connectivity index (χ3v) is 5.43. The van der Waals surface area contributed by atoms with E-state index < -0.39 is 5.97 Å². The molecule has 130 valence electrons. The van der Waals surface area contributed by atoms with Gasteiger partial charge in [0.15, 0.2) is 5.16 Å². The molecule has 0 bridgehead atoms. The first-order valence-corrected chi connectivity index (χ1v) is 9.62. The Morgan fingerprint density at radius 1 is 1.38 bits per heavy atom. The highest BCUT2D eigenvalue weighted by atomic mass is 32.2. The van der Waals surface area contributed by atoms with Crippen molar-refractivity contribution in [2.75, 3.05) is 17.7 Å². The molecule has 2 aromatic rings. The largest absolute Gasteiger partial charge is 0.462 e. The number of hydrogen-bond acceptors (Lipinski definition) is 6. The SMILES string of the molecule is CCOC(=O)c1cc(CC)sc1NC(=O)CSc1nccn1CC. The zero-order chi connectivity index (χ0) is 17.5. The normalized spacial score (nSPS) is 10.6. The number of carbonyl (C=O) groups is 2. The summed E-state index contributed by atoms with van der Waals surface area (Å²) >= 11 is 2.78. The summed E-state index contributed by atoms with van der Waals surface area (Å²) < 4.78 is 7.03. The van der Waals surface area contributed by atoms with Crippen LogP contribution in [0.4, 0.5) is 5.00 Å². The molecule has 2 heterocycles. The van der Waals surface area contributed by atoms with Gasteiger partial charge in [0.1, 0.15) is 5.00 Å². The number of esters is 1. The molecule has 0 saturated heterocycles. The van der Waals surface area contributed by atoms with Crippen LogP contribution in [0.2, 0.25) is 0 Å². The number of aromatic nitrogens is 2. The third kappa shape index (κ3) is 4.61. The Hall–Kier alpha value is -1.80. The Balaban J connectivity index is 2.02. The van der Waals surface area contributed by atoms with E-state index in [1.54, 1.807) is 19.2 Å². The number of thiophene rings is 1. The minimum Gasteiger partial charge on any atom is -0.462 e. The van der Waals surface area contributed by atoms with Crippen molar-refractivity contribution >= 4 is 40.0 Å². The van der Waals surface area contributed by atoms with Crippen LogP contribution in [0.25, 0.3) is 0 Å². The van der Waals surface area contributed by atoms with Crippen molar-refractivity contribution in [2.45, 2.75) is 38.9 Å². The lowest BCUT2D eigenvalue weighted by Crippen LogP contribution is -2.16. The quantitative estimate of drug-likeness (QED) is 0.571. The standard InChI is InChI=1S/C16H21N3O3S2/c1-4-11-9-12(15(21)22-6-3)14(24-11)18-13(20)10-23-16-17-7-8-19(16)5-2/h7-9H,4-6,10H2,1-3H3,(H,18,20). The number of carbonyl (C=O) groups excluding carboxylic acids is 2. The summed E-state index contributed by atoms with van der Waals surface area (Å²) in [6.45, 7) is 6.90. The lowest BCUT2D eigenvalue weighted by Gasteiger charge is -2.06. The molecule has 0 radical (unpaired) electrons. The summed E-state index contributed by atoms with van der Waals surface area (Å²) in [5.41, 5.74) is 0.423. The van der Waals surface area contributed by atoms with Crippen molar-refractivity contribution < 1.29 is 14.3 Å². The Bertz CT molecular complexity index is 709. The summed E-state index contributed by atoms with van der Waals surface area (Å²) in [6.07, 6.45) is 4.40. The smallest absolute Gasteiger partial charge is 0.341 e. The van der Waals surface area contributed by atoms with Crippen molar-refractivity contribution in [1.29, 1.82) is 0 Å². The van der Waals surface area contributed by atoms with E-state index in [2.05, 4.69) is 10.3 Å². The Labute approximate surface area is 149 Å². The summed E-state index contributed by atoms with van der Waals surface area (Å²) in [7, 11) is 0. The second-order valence-electron chi connectivity index (χ2n) is 4.86. The molecule has 24 heavy (non-hydrogen) atoms. The van der Waals surface area contributed by atoms with Gasteiger partial charge in [-0.25, -0.2) is 9.78 Å². The van der Waals surface area contributed by atoms with Crippen LogP contribution >= 0.6 is 23.1 Å². The molecular formula is C16H21N3O3S2. The predicted molar refractivity (Wildman–Crippen MR) is 96.9 cm³/mol. The first-order valence-electron chi connectivity index (χ1n) is 7.82. The Kier molecular flexibility index (Phi) is 6.86. The zero-order valence-electron chi connectivity index (χ0n) is 14.0. The first kappa shape index (κ1) is 18.5. The molecule has 0 spiro atoms. The van der Waals surface area contributed by atoms with Gasteiger partial charge < -0.3 is 14.6 Å². The van der Waals surface area contributed by atoms with Crippen molar-refractivity contribution in [3.63, 3.8) is 0 Å². The lowest BCUT2D eigenvalue weighted by atomic mass is 10.2. The van der Waals surface area contributed by atoms with Gasteiger partial charge in [0.05, 0.1) is 17.9 Å². The highest BCUT2D eigenvalue weighted by Crippen LogP contribution is 2.29. The fraction of sp³-hybridized carbons (Fsp3) is 0.438. The molecule has 2 aromatic heterocycles. The summed E-state index contributed by atoms with van der Waals surface area (Å²) in [6, 6.07) is 1.79. The van der Waals surface area contributed by atoms with Crippen molar-refractivity contribution in [2.24, 2.45) is 0 Å². The molecule has 8 heteroatoms. The monoisotopic (exact) mass is 367 g/mol. The average Bonchev–Trinajstić information content (AvgIpc) is 3.19. The van der Waals surface area contributed by atoms with Gasteiger partial charge in [-0.1, -0.05) is 18.7 Å². The maximum absolute atomic E-state index is 12.2. The number of nitrogens with one attached hydrogen (secondary N) is 1. The molecule has 1 amide bonds. The van der Waals surface area contributed by atoms with Crippen LogP contribution in [0.5, 0.6) is 0 Å². The zero-order valence-corrected chi connectivity index (χ0v) is 15.6. The number of amides is 1. The van der Waals surface area contributed by atoms with Crippen LogP contribution in [0.15, 0.2) is 23.6 Å². The van der Waals surface area contributed by atoms with E-state index >= 15 is 0 Å². The summed E-state index contributed by atoms with van der Waals surface area (Å²) in [4.78, 5) is 29.5. The van der Waals surface area contributed by atoms with Crippen LogP contribution in [0.1, 0.15) is 36.0 Å². The molecule has 0 aliphatic heterocycles. The molecule has 0 aromatic carbocycles. The predicted octanol–water partition coefficient (Wildman–Crippen LogP) is 3.43. The van der Waals surface area contributed by atoms with Gasteiger partial charge >= 0.3 is 5.97 Å². The van der Waals surface area contributed by atoms with Gasteiger partial charge in [-0.05, 0) is 26.3 Å². The van der Waals surface area contributed by atoms with Crippen molar-refractivity contribution in [3.8, 4) is 0 Å². The lowest BCUT2D eigenvalue weighted by molar-refractivity contribution is -0.113. The van der Waals surface area contributed by atoms with Gasteiger partial charge in [0.2, 0.25) is 5.91 Å². The highest BCUT2D eigenvalue weighted by molar-refractivity contribution is 7.99. The number of imidazole rings is 1. The molecule has 0 saturated carbocycles. The minimum absolute atomic E-state index is 0.166. The Morgan fingerprint density at radius 2 is 2.17 bits per heavy atom. The van der Waals surface area contributed by atoms with Crippen LogP contribution < -0.4 is 5.32 Å². The molecule has 0 aliphatic rings. The molecule has 0 fully saturated rings. The fourth-order valence-electron chi connectivity index (χ4n) is 2.04. The van der Waals surface area contributed by atoms with Crippen LogP contribution in [-0.4, -0.2) is 33.8 Å². The van der Waals surface area contributed by atoms with Gasteiger partial charge in [0, 0.05) is 23.8 Å². The van der Waals surface area contributed by atoms with E-state index in [4.69, 9.17) is 4.74 Å². The topological polar surface area (TPSA) is 73.2 Å². The van der Waals surface area contributed by atoms with E-state index in [1.165, 1.54) is 23.1 Å². The molecule has 1 N–H and O–H groups in total. The highest BCUT2D eigenvalue weighted by Gasteiger charge is 2.19. The van der Waals surface area contributed by atoms with E-state index in [1.807, 2.05) is 24.6 Å². The molecule has 0 aliphatic carbocycles. The van der Waals surface area contributed by atoms with Gasteiger partial charge in [-0.15, -0.1) is 11.3 Å². The van der Waals surface area contributed by atoms with Crippen molar-refractivity contribution in [3.05, 3.63) is 28.9 Å². The van der Waals surface area contributed by atoms with E-state index in [-0.39, 0.29) is 11.7 Å². The first-order chi connectivity index (χ1) is 11.6. The number of thioether (sulfide) groups is 1. The number of ether oxygens (including phenoxy) is 1. The molecule has 6 nitrogen and oxygen atoms in total. The average molecular weight is 367 g/mol. The van der Waals surface area contributed by atoms with E-state index in [9.17, 15) is 9.59 Å². The molecule has 2 rings (SSSR count). The Morgan fingerprint density at radius 3 is 2.83 bits per heavy atom. The van der Waals surface area contributed by atoms with Gasteiger partial charge in [-0.2, -0.15) is 0 Å². The maximum atomic E-state index is 12.2. The number of rotatable bonds is 8. The van der Waals surface area contributed by atoms with Crippen LogP contribution in [0.3, 0.4) is 0 Å². The molecule has 0 unspecified atom stereocenters. The summed E-state index contributed by atoms with van der Waals surface area (Å²) in [5.74, 6) is -0.336. The van der Waals surface area contributed by atoms with Crippen LogP contribution in [-0.2, 0) is 22.5 Å². The summed E-state index contributed by atoms with van der Waals surface area (Å²) in [5, 5.41) is 4.18. The number of aryl methyl sites for hydroxylation is 2. The second-order valence-corrected chi connectivity index (χ2v) is 6.94. The minimum atomic E-state index is -0.405. The second kappa shape index (κ2) is 8.89. The number of anilines is 1. The van der Waals surface area contributed by atoms with E-state index in [0.29, 0.717) is 17.2 Å². The number of hydrogen-bond donors (Lipinski definition) is 1. The van der Waals surface area contributed by atoms with Crippen LogP contribution in [0, 0.1) is 0 Å².